The maximum absolute atomic E-state index is 13.0. The van der Waals surface area contributed by atoms with E-state index >= 15 is 0 Å². The normalized spacial score (nSPS) is 19.1. The number of methoxy groups -OCH3 is 1. The zero-order valence-electron chi connectivity index (χ0n) is 18.3. The van der Waals surface area contributed by atoms with E-state index in [1.165, 1.54) is 12.0 Å². The maximum Gasteiger partial charge on any atom is 0.412 e. The minimum Gasteiger partial charge on any atom is -0.459 e. The summed E-state index contributed by atoms with van der Waals surface area (Å²) in [7, 11) is 1.22. The number of carbonyl (C=O) groups is 2. The van der Waals surface area contributed by atoms with Crippen molar-refractivity contribution in [2.45, 2.75) is 64.6 Å². The van der Waals surface area contributed by atoms with Crippen molar-refractivity contribution in [1.82, 2.24) is 9.96 Å². The number of nitrogens with zero attached hydrogens (tertiary/aromatic N) is 2. The molecule has 1 aliphatic rings. The van der Waals surface area contributed by atoms with Crippen molar-refractivity contribution in [3.05, 3.63) is 35.9 Å². The fourth-order valence-corrected chi connectivity index (χ4v) is 3.15. The number of amides is 1. The van der Waals surface area contributed by atoms with Gasteiger partial charge in [0.25, 0.3) is 0 Å². The van der Waals surface area contributed by atoms with Gasteiger partial charge < -0.3 is 19.4 Å². The van der Waals surface area contributed by atoms with Crippen LogP contribution in [0.4, 0.5) is 4.79 Å². The predicted molar refractivity (Wildman–Crippen MR) is 109 cm³/mol. The molecule has 1 amide bonds. The van der Waals surface area contributed by atoms with E-state index in [-0.39, 0.29) is 13.2 Å². The lowest BCUT2D eigenvalue weighted by Crippen LogP contribution is -2.56. The number of carbonyl (C=O) groups excluding carboxylic acids is 2. The molecule has 1 fully saturated rings. The Morgan fingerprint density at radius 1 is 1.33 bits per heavy atom. The molecule has 30 heavy (non-hydrogen) atoms. The summed E-state index contributed by atoms with van der Waals surface area (Å²) in [5, 5.41) is 11.9. The molecule has 164 valence electrons. The molecule has 0 bridgehead atoms. The SMILES string of the molecule is COC(=O)C#C[C@@H]([C@@H]1COC(C)(C)N1C(=O)OC(C)(C)C)N(O)Cc1ccccc1. The highest BCUT2D eigenvalue weighted by Gasteiger charge is 2.49. The largest absolute Gasteiger partial charge is 0.459 e. The van der Waals surface area contributed by atoms with Gasteiger partial charge in [0, 0.05) is 5.92 Å². The Balaban J connectivity index is 2.37. The minimum atomic E-state index is -0.980. The van der Waals surface area contributed by atoms with E-state index in [2.05, 4.69) is 16.6 Å². The molecule has 1 saturated heterocycles. The molecule has 0 saturated carbocycles. The van der Waals surface area contributed by atoms with E-state index in [1.54, 1.807) is 34.6 Å². The molecule has 0 unspecified atom stereocenters. The van der Waals surface area contributed by atoms with E-state index in [0.717, 1.165) is 10.6 Å². The van der Waals surface area contributed by atoms with Crippen LogP contribution in [0.15, 0.2) is 30.3 Å². The number of hydrogen-bond donors (Lipinski definition) is 1. The average molecular weight is 418 g/mol. The zero-order chi connectivity index (χ0) is 22.5. The molecule has 0 aliphatic carbocycles. The number of benzene rings is 1. The fraction of sp³-hybridized carbons (Fsp3) is 0.545. The first-order valence-electron chi connectivity index (χ1n) is 9.70. The summed E-state index contributed by atoms with van der Waals surface area (Å²) >= 11 is 0. The minimum absolute atomic E-state index is 0.110. The Morgan fingerprint density at radius 3 is 2.53 bits per heavy atom. The highest BCUT2D eigenvalue weighted by atomic mass is 16.6. The number of ether oxygens (including phenoxy) is 3. The van der Waals surface area contributed by atoms with Crippen molar-refractivity contribution >= 4 is 12.1 Å². The number of rotatable bonds is 4. The summed E-state index contributed by atoms with van der Waals surface area (Å²) in [6, 6.07) is 7.69. The van der Waals surface area contributed by atoms with Crippen LogP contribution in [0.5, 0.6) is 0 Å². The second-order valence-corrected chi connectivity index (χ2v) is 8.46. The highest BCUT2D eigenvalue weighted by molar-refractivity contribution is 5.88. The van der Waals surface area contributed by atoms with Gasteiger partial charge in [-0.25, -0.2) is 9.59 Å². The molecule has 0 spiro atoms. The molecule has 2 atom stereocenters. The third-order valence-electron chi connectivity index (χ3n) is 4.49. The van der Waals surface area contributed by atoms with Crippen molar-refractivity contribution < 1.29 is 29.0 Å². The second kappa shape index (κ2) is 9.47. The van der Waals surface area contributed by atoms with E-state index in [0.29, 0.717) is 0 Å². The lowest BCUT2D eigenvalue weighted by molar-refractivity contribution is -0.136. The topological polar surface area (TPSA) is 88.5 Å². The van der Waals surface area contributed by atoms with Gasteiger partial charge in [-0.3, -0.25) is 4.90 Å². The molecular formula is C22H30N2O6. The van der Waals surface area contributed by atoms with Crippen molar-refractivity contribution in [1.29, 1.82) is 0 Å². The third kappa shape index (κ3) is 6.20. The van der Waals surface area contributed by atoms with Crippen LogP contribution in [0.3, 0.4) is 0 Å². The van der Waals surface area contributed by atoms with Gasteiger partial charge in [0.15, 0.2) is 0 Å². The van der Waals surface area contributed by atoms with Crippen LogP contribution < -0.4 is 0 Å². The van der Waals surface area contributed by atoms with Gasteiger partial charge in [0.1, 0.15) is 17.4 Å². The molecule has 2 rings (SSSR count). The lowest BCUT2D eigenvalue weighted by Gasteiger charge is -2.38. The molecule has 0 aromatic heterocycles. The first-order valence-corrected chi connectivity index (χ1v) is 9.70. The Hall–Kier alpha value is -2.60. The second-order valence-electron chi connectivity index (χ2n) is 8.46. The summed E-state index contributed by atoms with van der Waals surface area (Å²) in [5.74, 6) is 4.36. The Kier molecular flexibility index (Phi) is 7.48. The van der Waals surface area contributed by atoms with Crippen molar-refractivity contribution in [3.8, 4) is 11.8 Å². The first-order chi connectivity index (χ1) is 13.9. The van der Waals surface area contributed by atoms with E-state index in [4.69, 9.17) is 9.47 Å². The van der Waals surface area contributed by atoms with Crippen LogP contribution in [0.1, 0.15) is 40.2 Å². The van der Waals surface area contributed by atoms with E-state index < -0.39 is 35.5 Å². The van der Waals surface area contributed by atoms with Crippen LogP contribution in [0, 0.1) is 11.8 Å². The fourth-order valence-electron chi connectivity index (χ4n) is 3.15. The molecule has 1 aliphatic heterocycles. The molecule has 1 aromatic rings. The van der Waals surface area contributed by atoms with Gasteiger partial charge in [-0.15, -0.1) is 0 Å². The van der Waals surface area contributed by atoms with Gasteiger partial charge in [-0.2, -0.15) is 5.06 Å². The molecule has 8 heteroatoms. The summed E-state index contributed by atoms with van der Waals surface area (Å²) < 4.78 is 16.0. The monoisotopic (exact) mass is 418 g/mol. The summed E-state index contributed by atoms with van der Waals surface area (Å²) in [4.78, 5) is 26.0. The van der Waals surface area contributed by atoms with Gasteiger partial charge in [-0.05, 0) is 40.2 Å². The van der Waals surface area contributed by atoms with Gasteiger partial charge in [0.05, 0.1) is 26.3 Å². The molecule has 8 nitrogen and oxygen atoms in total. The lowest BCUT2D eigenvalue weighted by atomic mass is 10.1. The zero-order valence-corrected chi connectivity index (χ0v) is 18.3. The van der Waals surface area contributed by atoms with Gasteiger partial charge >= 0.3 is 12.1 Å². The molecule has 0 radical (unpaired) electrons. The van der Waals surface area contributed by atoms with Crippen LogP contribution in [-0.2, 0) is 25.5 Å². The van der Waals surface area contributed by atoms with Crippen molar-refractivity contribution in [2.75, 3.05) is 13.7 Å². The Labute approximate surface area is 177 Å². The van der Waals surface area contributed by atoms with Crippen molar-refractivity contribution in [2.24, 2.45) is 0 Å². The quantitative estimate of drug-likeness (QED) is 0.348. The predicted octanol–water partition coefficient (Wildman–Crippen LogP) is 2.79. The number of hydroxylamine groups is 2. The van der Waals surface area contributed by atoms with E-state index in [1.807, 2.05) is 30.3 Å². The Bertz CT molecular complexity index is 806. The van der Waals surface area contributed by atoms with Gasteiger partial charge in [-0.1, -0.05) is 36.3 Å². The van der Waals surface area contributed by atoms with Crippen molar-refractivity contribution in [3.63, 3.8) is 0 Å². The summed E-state index contributed by atoms with van der Waals surface area (Å²) in [6.07, 6.45) is -0.590. The van der Waals surface area contributed by atoms with Crippen LogP contribution >= 0.6 is 0 Å². The molecule has 1 heterocycles. The maximum atomic E-state index is 13.0. The summed E-state index contributed by atoms with van der Waals surface area (Å²) in [6.45, 7) is 9.03. The average Bonchev–Trinajstić information content (AvgIpc) is 2.96. The third-order valence-corrected chi connectivity index (χ3v) is 4.49. The van der Waals surface area contributed by atoms with Crippen LogP contribution in [-0.4, -0.2) is 64.4 Å². The number of esters is 1. The van der Waals surface area contributed by atoms with Gasteiger partial charge in [0.2, 0.25) is 0 Å². The molecule has 1 N–H and O–H groups in total. The standard InChI is InChI=1S/C22H30N2O6/c1-21(2,3)30-20(26)24-18(15-29-22(24,4)5)17(12-13-19(25)28-6)23(27)14-16-10-8-7-9-11-16/h7-11,17-18,27H,14-15H2,1-6H3/t17-,18-/m0/s1. The highest BCUT2D eigenvalue weighted by Crippen LogP contribution is 2.32. The summed E-state index contributed by atoms with van der Waals surface area (Å²) in [5.41, 5.74) is -0.853. The smallest absolute Gasteiger partial charge is 0.412 e. The van der Waals surface area contributed by atoms with Crippen LogP contribution in [0.2, 0.25) is 0 Å². The molecular weight excluding hydrogens is 388 g/mol. The number of hydrogen-bond acceptors (Lipinski definition) is 7. The van der Waals surface area contributed by atoms with Crippen LogP contribution in [0.25, 0.3) is 0 Å². The Morgan fingerprint density at radius 2 is 1.97 bits per heavy atom. The van der Waals surface area contributed by atoms with E-state index in [9.17, 15) is 14.8 Å². The molecule has 1 aromatic carbocycles. The first kappa shape index (κ1) is 23.7.